The Kier molecular flexibility index (Phi) is 6.05. The zero-order valence-corrected chi connectivity index (χ0v) is 15.5. The number of hydrogen-bond donors (Lipinski definition) is 1. The molecule has 0 aliphatic carbocycles. The summed E-state index contributed by atoms with van der Waals surface area (Å²) in [4.78, 5) is 0.993. The Morgan fingerprint density at radius 3 is 2.70 bits per heavy atom. The smallest absolute Gasteiger partial charge is 0.128 e. The van der Waals surface area contributed by atoms with Gasteiger partial charge in [0.2, 0.25) is 0 Å². The Balaban J connectivity index is 2.43. The SMILES string of the molecule is CCCNC(c1cc(Cl)c(Br)s1)c1cc(Br)ccc1F. The van der Waals surface area contributed by atoms with E-state index in [9.17, 15) is 4.39 Å². The van der Waals surface area contributed by atoms with E-state index in [0.29, 0.717) is 10.6 Å². The molecule has 2 aromatic rings. The molecule has 0 spiro atoms. The van der Waals surface area contributed by atoms with Crippen molar-refractivity contribution in [2.45, 2.75) is 19.4 Å². The lowest BCUT2D eigenvalue weighted by Gasteiger charge is -2.18. The van der Waals surface area contributed by atoms with Crippen LogP contribution in [0.25, 0.3) is 0 Å². The van der Waals surface area contributed by atoms with E-state index in [1.807, 2.05) is 12.1 Å². The number of halogens is 4. The third-order valence-corrected chi connectivity index (χ3v) is 5.85. The van der Waals surface area contributed by atoms with Crippen LogP contribution < -0.4 is 5.32 Å². The highest BCUT2D eigenvalue weighted by Gasteiger charge is 2.20. The summed E-state index contributed by atoms with van der Waals surface area (Å²) in [7, 11) is 0. The zero-order valence-electron chi connectivity index (χ0n) is 10.7. The molecular weight excluding hydrogens is 428 g/mol. The van der Waals surface area contributed by atoms with Gasteiger partial charge in [0.15, 0.2) is 0 Å². The highest BCUT2D eigenvalue weighted by atomic mass is 79.9. The number of rotatable bonds is 5. The lowest BCUT2D eigenvalue weighted by Crippen LogP contribution is -2.23. The summed E-state index contributed by atoms with van der Waals surface area (Å²) in [6.45, 7) is 2.89. The van der Waals surface area contributed by atoms with Gasteiger partial charge in [-0.1, -0.05) is 34.5 Å². The van der Waals surface area contributed by atoms with Gasteiger partial charge in [-0.05, 0) is 53.2 Å². The van der Waals surface area contributed by atoms with Crippen LogP contribution in [0.1, 0.15) is 29.8 Å². The van der Waals surface area contributed by atoms with Crippen molar-refractivity contribution in [1.29, 1.82) is 0 Å². The summed E-state index contributed by atoms with van der Waals surface area (Å²) in [5, 5.41) is 4.04. The maximum Gasteiger partial charge on any atom is 0.128 e. The second kappa shape index (κ2) is 7.36. The number of hydrogen-bond acceptors (Lipinski definition) is 2. The fourth-order valence-corrected chi connectivity index (χ4v) is 4.11. The standard InChI is InChI=1S/C14H13Br2ClFNS/c1-2-5-19-13(12-7-10(17)14(16)20-12)9-6-8(15)3-4-11(9)18/h3-4,6-7,13,19H,2,5H2,1H3. The molecule has 108 valence electrons. The summed E-state index contributed by atoms with van der Waals surface area (Å²) in [6, 6.07) is 6.67. The summed E-state index contributed by atoms with van der Waals surface area (Å²) >= 11 is 14.4. The maximum absolute atomic E-state index is 14.1. The third-order valence-electron chi connectivity index (χ3n) is 2.82. The summed E-state index contributed by atoms with van der Waals surface area (Å²) in [5.74, 6) is -0.220. The molecule has 1 aromatic heterocycles. The van der Waals surface area contributed by atoms with Crippen LogP contribution >= 0.6 is 54.8 Å². The van der Waals surface area contributed by atoms with Crippen LogP contribution in [0.15, 0.2) is 32.5 Å². The van der Waals surface area contributed by atoms with E-state index in [1.165, 1.54) is 17.4 Å². The predicted octanol–water partition coefficient (Wildman–Crippen LogP) is 6.15. The molecule has 0 saturated carbocycles. The Morgan fingerprint density at radius 2 is 2.10 bits per heavy atom. The molecule has 1 aromatic carbocycles. The molecule has 2 rings (SSSR count). The van der Waals surface area contributed by atoms with Crippen LogP contribution in [-0.4, -0.2) is 6.54 Å². The van der Waals surface area contributed by atoms with Gasteiger partial charge in [-0.25, -0.2) is 4.39 Å². The predicted molar refractivity (Wildman–Crippen MR) is 91.3 cm³/mol. The highest BCUT2D eigenvalue weighted by Crippen LogP contribution is 2.38. The zero-order chi connectivity index (χ0) is 14.7. The molecule has 6 heteroatoms. The van der Waals surface area contributed by atoms with Crippen molar-refractivity contribution < 1.29 is 4.39 Å². The van der Waals surface area contributed by atoms with Crippen molar-refractivity contribution >= 4 is 54.8 Å². The first kappa shape index (κ1) is 16.4. The largest absolute Gasteiger partial charge is 0.306 e. The lowest BCUT2D eigenvalue weighted by atomic mass is 10.0. The van der Waals surface area contributed by atoms with Crippen molar-refractivity contribution in [1.82, 2.24) is 5.32 Å². The first-order valence-electron chi connectivity index (χ1n) is 6.16. The molecule has 0 radical (unpaired) electrons. The molecule has 20 heavy (non-hydrogen) atoms. The van der Waals surface area contributed by atoms with Gasteiger partial charge in [0, 0.05) is 14.9 Å². The molecule has 1 atom stereocenters. The van der Waals surface area contributed by atoms with Gasteiger partial charge < -0.3 is 5.32 Å². The van der Waals surface area contributed by atoms with E-state index in [0.717, 1.165) is 26.1 Å². The van der Waals surface area contributed by atoms with Gasteiger partial charge in [-0.2, -0.15) is 0 Å². The Labute approximate surface area is 143 Å². The normalized spacial score (nSPS) is 12.7. The van der Waals surface area contributed by atoms with E-state index in [1.54, 1.807) is 6.07 Å². The van der Waals surface area contributed by atoms with Gasteiger partial charge in [-0.3, -0.25) is 0 Å². The highest BCUT2D eigenvalue weighted by molar-refractivity contribution is 9.11. The molecule has 0 bridgehead atoms. The average Bonchev–Trinajstić information content (AvgIpc) is 2.74. The maximum atomic E-state index is 14.1. The van der Waals surface area contributed by atoms with Gasteiger partial charge in [-0.15, -0.1) is 11.3 Å². The fourth-order valence-electron chi connectivity index (χ4n) is 1.89. The first-order valence-corrected chi connectivity index (χ1v) is 8.94. The minimum absolute atomic E-state index is 0.193. The minimum atomic E-state index is -0.220. The van der Waals surface area contributed by atoms with Gasteiger partial charge >= 0.3 is 0 Å². The van der Waals surface area contributed by atoms with E-state index in [-0.39, 0.29) is 11.9 Å². The molecule has 1 nitrogen and oxygen atoms in total. The van der Waals surface area contributed by atoms with Crippen LogP contribution in [0, 0.1) is 5.82 Å². The van der Waals surface area contributed by atoms with Crippen molar-refractivity contribution in [3.8, 4) is 0 Å². The molecular formula is C14H13Br2ClFNS. The van der Waals surface area contributed by atoms with Gasteiger partial charge in [0.05, 0.1) is 14.9 Å². The number of nitrogens with one attached hydrogen (secondary N) is 1. The van der Waals surface area contributed by atoms with E-state index < -0.39 is 0 Å². The van der Waals surface area contributed by atoms with Crippen molar-refractivity contribution in [2.75, 3.05) is 6.54 Å². The second-order valence-corrected chi connectivity index (χ2v) is 8.05. The molecule has 1 heterocycles. The molecule has 0 aliphatic rings. The van der Waals surface area contributed by atoms with Crippen LogP contribution in [0.2, 0.25) is 5.02 Å². The van der Waals surface area contributed by atoms with E-state index >= 15 is 0 Å². The molecule has 0 amide bonds. The van der Waals surface area contributed by atoms with Crippen molar-refractivity contribution in [3.05, 3.63) is 53.8 Å². The lowest BCUT2D eigenvalue weighted by molar-refractivity contribution is 0.551. The van der Waals surface area contributed by atoms with Crippen LogP contribution in [0.4, 0.5) is 4.39 Å². The average molecular weight is 442 g/mol. The Hall–Kier alpha value is 0.0600. The van der Waals surface area contributed by atoms with Crippen molar-refractivity contribution in [2.24, 2.45) is 0 Å². The third kappa shape index (κ3) is 3.83. The number of benzene rings is 1. The van der Waals surface area contributed by atoms with Gasteiger partial charge in [0.1, 0.15) is 5.82 Å². The number of thiophene rings is 1. The Bertz CT molecular complexity index is 583. The fraction of sp³-hybridized carbons (Fsp3) is 0.286. The monoisotopic (exact) mass is 439 g/mol. The second-order valence-electron chi connectivity index (χ2n) is 4.32. The molecule has 0 aliphatic heterocycles. The summed E-state index contributed by atoms with van der Waals surface area (Å²) in [5.41, 5.74) is 0.623. The van der Waals surface area contributed by atoms with Crippen LogP contribution in [-0.2, 0) is 0 Å². The van der Waals surface area contributed by atoms with Crippen molar-refractivity contribution in [3.63, 3.8) is 0 Å². The Morgan fingerprint density at radius 1 is 1.35 bits per heavy atom. The molecule has 0 fully saturated rings. The van der Waals surface area contributed by atoms with Crippen LogP contribution in [0.5, 0.6) is 0 Å². The quantitative estimate of drug-likeness (QED) is 0.586. The summed E-state index contributed by atoms with van der Waals surface area (Å²) < 4.78 is 15.9. The minimum Gasteiger partial charge on any atom is -0.306 e. The molecule has 1 unspecified atom stereocenters. The first-order chi connectivity index (χ1) is 9.52. The van der Waals surface area contributed by atoms with Gasteiger partial charge in [0.25, 0.3) is 0 Å². The molecule has 1 N–H and O–H groups in total. The van der Waals surface area contributed by atoms with Crippen LogP contribution in [0.3, 0.4) is 0 Å². The summed E-state index contributed by atoms with van der Waals surface area (Å²) in [6.07, 6.45) is 0.979. The molecule has 0 saturated heterocycles. The van der Waals surface area contributed by atoms with E-state index in [2.05, 4.69) is 44.1 Å². The topological polar surface area (TPSA) is 12.0 Å². The van der Waals surface area contributed by atoms with E-state index in [4.69, 9.17) is 11.6 Å².